The number of hydrogen-bond donors (Lipinski definition) is 1. The molecule has 1 heterocycles. The van der Waals surface area contributed by atoms with Crippen molar-refractivity contribution in [2.75, 3.05) is 0 Å². The summed E-state index contributed by atoms with van der Waals surface area (Å²) in [6.45, 7) is 0. The zero-order valence-electron chi connectivity index (χ0n) is 14.4. The summed E-state index contributed by atoms with van der Waals surface area (Å²) < 4.78 is 26.6. The molecule has 4 rings (SSSR count). The average Bonchev–Trinajstić information content (AvgIpc) is 3.01. The van der Waals surface area contributed by atoms with E-state index in [-0.39, 0.29) is 11.1 Å². The molecular formula is C20H14N3O4S-. The topological polar surface area (TPSA) is 96.2 Å². The van der Waals surface area contributed by atoms with E-state index in [4.69, 9.17) is 0 Å². The Labute approximate surface area is 162 Å². The van der Waals surface area contributed by atoms with Gasteiger partial charge in [0.25, 0.3) is 11.5 Å². The highest BCUT2D eigenvalue weighted by molar-refractivity contribution is 7.77. The van der Waals surface area contributed by atoms with Gasteiger partial charge in [0.2, 0.25) is 0 Å². The number of amides is 1. The van der Waals surface area contributed by atoms with Crippen LogP contribution in [0.2, 0.25) is 0 Å². The van der Waals surface area contributed by atoms with Crippen LogP contribution in [-0.2, 0) is 11.3 Å². The van der Waals surface area contributed by atoms with Crippen molar-refractivity contribution in [3.05, 3.63) is 94.8 Å². The van der Waals surface area contributed by atoms with Crippen molar-refractivity contribution in [1.82, 2.24) is 14.1 Å². The number of benzene rings is 3. The molecule has 0 saturated carbocycles. The van der Waals surface area contributed by atoms with Gasteiger partial charge in [-0.15, -0.1) is 0 Å². The molecule has 28 heavy (non-hydrogen) atoms. The lowest BCUT2D eigenvalue weighted by atomic mass is 10.1. The molecule has 0 aliphatic rings. The van der Waals surface area contributed by atoms with Gasteiger partial charge in [-0.2, -0.15) is 0 Å². The summed E-state index contributed by atoms with van der Waals surface area (Å²) in [6, 6.07) is 23.0. The van der Waals surface area contributed by atoms with Gasteiger partial charge in [-0.25, -0.2) is 9.36 Å². The number of para-hydroxylation sites is 2. The van der Waals surface area contributed by atoms with Gasteiger partial charge in [0.05, 0.1) is 22.3 Å². The van der Waals surface area contributed by atoms with E-state index in [9.17, 15) is 18.4 Å². The number of nitrogens with one attached hydrogen (secondary N) is 1. The highest BCUT2D eigenvalue weighted by atomic mass is 32.2. The Morgan fingerprint density at radius 2 is 1.43 bits per heavy atom. The van der Waals surface area contributed by atoms with Gasteiger partial charge < -0.3 is 4.55 Å². The number of nitrogens with zero attached hydrogens (tertiary/aromatic N) is 2. The molecule has 140 valence electrons. The first-order valence-corrected chi connectivity index (χ1v) is 9.42. The summed E-state index contributed by atoms with van der Waals surface area (Å²) in [5.41, 5.74) is 1.80. The molecule has 1 atom stereocenters. The largest absolute Gasteiger partial charge is 0.755 e. The number of aromatic nitrogens is 2. The monoisotopic (exact) mass is 392 g/mol. The predicted molar refractivity (Wildman–Crippen MR) is 105 cm³/mol. The molecule has 7 nitrogen and oxygen atoms in total. The number of carbonyl (C=O) groups is 1. The first-order chi connectivity index (χ1) is 13.6. The lowest BCUT2D eigenvalue weighted by Gasteiger charge is -2.13. The molecule has 8 heteroatoms. The second-order valence-corrected chi connectivity index (χ2v) is 6.67. The Morgan fingerprint density at radius 3 is 2.00 bits per heavy atom. The molecule has 0 saturated heterocycles. The van der Waals surface area contributed by atoms with Crippen molar-refractivity contribution in [2.45, 2.75) is 0 Å². The number of carbonyl (C=O) groups excluding carboxylic acids is 1. The predicted octanol–water partition coefficient (Wildman–Crippen LogP) is 2.31. The lowest BCUT2D eigenvalue weighted by Crippen LogP contribution is -2.25. The van der Waals surface area contributed by atoms with Gasteiger partial charge in [0.1, 0.15) is 0 Å². The fourth-order valence-corrected chi connectivity index (χ4v) is 3.38. The molecule has 1 aromatic heterocycles. The maximum Gasteiger partial charge on any atom is 0.279 e. The second kappa shape index (κ2) is 7.26. The maximum atomic E-state index is 13.2. The molecular weight excluding hydrogens is 378 g/mol. The maximum absolute atomic E-state index is 13.2. The normalized spacial score (nSPS) is 12.0. The Morgan fingerprint density at radius 1 is 0.857 bits per heavy atom. The van der Waals surface area contributed by atoms with Gasteiger partial charge in [-0.05, 0) is 42.5 Å². The van der Waals surface area contributed by atoms with Gasteiger partial charge in [0.15, 0.2) is 0 Å². The minimum Gasteiger partial charge on any atom is -0.755 e. The van der Waals surface area contributed by atoms with Gasteiger partial charge in [-0.3, -0.25) is 18.5 Å². The summed E-state index contributed by atoms with van der Waals surface area (Å²) >= 11 is -2.73. The lowest BCUT2D eigenvalue weighted by molar-refractivity contribution is 0.0981. The van der Waals surface area contributed by atoms with Gasteiger partial charge >= 0.3 is 0 Å². The van der Waals surface area contributed by atoms with E-state index in [2.05, 4.69) is 0 Å². The van der Waals surface area contributed by atoms with Crippen LogP contribution in [-0.4, -0.2) is 24.0 Å². The van der Waals surface area contributed by atoms with E-state index >= 15 is 0 Å². The van der Waals surface area contributed by atoms with Crippen molar-refractivity contribution < 1.29 is 13.6 Å². The molecule has 1 amide bonds. The third-order valence-corrected chi connectivity index (χ3v) is 4.64. The minimum atomic E-state index is -2.73. The summed E-state index contributed by atoms with van der Waals surface area (Å²) in [4.78, 5) is 25.2. The van der Waals surface area contributed by atoms with E-state index in [0.29, 0.717) is 16.6 Å². The highest BCUT2D eigenvalue weighted by Crippen LogP contribution is 2.21. The van der Waals surface area contributed by atoms with Crippen LogP contribution in [0.25, 0.3) is 22.3 Å². The van der Waals surface area contributed by atoms with Crippen molar-refractivity contribution >= 4 is 28.1 Å². The summed E-state index contributed by atoms with van der Waals surface area (Å²) in [5.74, 6) is -0.798. The van der Waals surface area contributed by atoms with Gasteiger partial charge in [0, 0.05) is 16.8 Å². The molecule has 0 aliphatic heterocycles. The van der Waals surface area contributed by atoms with Crippen LogP contribution < -0.4 is 10.3 Å². The zero-order valence-corrected chi connectivity index (χ0v) is 15.3. The van der Waals surface area contributed by atoms with Crippen molar-refractivity contribution in [1.29, 1.82) is 0 Å². The standard InChI is InChI=1S/C20H15N3O4S/c24-19(21-28(26)27)14-11-12-18-17(13-14)20(25)23(16-9-5-2-6-10-16)22(18)15-7-3-1-4-8-15/h1-13H,(H,21,24)(H,26,27)/p-1. The van der Waals surface area contributed by atoms with Crippen LogP contribution in [0.15, 0.2) is 83.7 Å². The minimum absolute atomic E-state index is 0.0826. The summed E-state index contributed by atoms with van der Waals surface area (Å²) in [5, 5.41) is 0.303. The van der Waals surface area contributed by atoms with E-state index in [0.717, 1.165) is 5.69 Å². The van der Waals surface area contributed by atoms with Crippen LogP contribution in [0.1, 0.15) is 10.4 Å². The van der Waals surface area contributed by atoms with Crippen LogP contribution in [0.4, 0.5) is 0 Å². The zero-order chi connectivity index (χ0) is 19.7. The molecule has 0 aliphatic carbocycles. The van der Waals surface area contributed by atoms with Gasteiger partial charge in [-0.1, -0.05) is 36.4 Å². The average molecular weight is 392 g/mol. The fourth-order valence-electron chi connectivity index (χ4n) is 3.11. The SMILES string of the molecule is O=C(NS(=O)[O-])c1ccc2c(c1)c(=O)n(-c1ccccc1)n2-c1ccccc1. The van der Waals surface area contributed by atoms with Crippen molar-refractivity contribution in [3.8, 4) is 11.4 Å². The summed E-state index contributed by atoms with van der Waals surface area (Å²) in [6.07, 6.45) is 0. The van der Waals surface area contributed by atoms with Crippen LogP contribution in [0.5, 0.6) is 0 Å². The number of rotatable bonds is 4. The first-order valence-electron chi connectivity index (χ1n) is 8.35. The van der Waals surface area contributed by atoms with E-state index in [1.165, 1.54) is 16.8 Å². The molecule has 3 aromatic carbocycles. The first kappa shape index (κ1) is 17.9. The third-order valence-electron chi connectivity index (χ3n) is 4.29. The Kier molecular flexibility index (Phi) is 4.64. The molecule has 0 radical (unpaired) electrons. The molecule has 0 bridgehead atoms. The molecule has 0 spiro atoms. The molecule has 1 unspecified atom stereocenters. The quantitative estimate of drug-likeness (QED) is 0.539. The number of hydrogen-bond acceptors (Lipinski definition) is 4. The smallest absolute Gasteiger partial charge is 0.279 e. The molecule has 1 N–H and O–H groups in total. The van der Waals surface area contributed by atoms with Crippen molar-refractivity contribution in [3.63, 3.8) is 0 Å². The van der Waals surface area contributed by atoms with E-state index < -0.39 is 17.2 Å². The van der Waals surface area contributed by atoms with Crippen LogP contribution >= 0.6 is 0 Å². The summed E-state index contributed by atoms with van der Waals surface area (Å²) in [7, 11) is 0. The van der Waals surface area contributed by atoms with Crippen molar-refractivity contribution in [2.24, 2.45) is 0 Å². The Balaban J connectivity index is 2.01. The Bertz CT molecular complexity index is 1250. The Hall–Kier alpha value is -3.49. The number of fused-ring (bicyclic) bond motifs is 1. The third kappa shape index (κ3) is 3.15. The molecule has 4 aromatic rings. The van der Waals surface area contributed by atoms with Crippen LogP contribution in [0.3, 0.4) is 0 Å². The van der Waals surface area contributed by atoms with E-state index in [1.54, 1.807) is 15.5 Å². The fraction of sp³-hybridized carbons (Fsp3) is 0. The van der Waals surface area contributed by atoms with Crippen LogP contribution in [0, 0.1) is 0 Å². The highest BCUT2D eigenvalue weighted by Gasteiger charge is 2.18. The van der Waals surface area contributed by atoms with E-state index in [1.807, 2.05) is 60.7 Å². The second-order valence-electron chi connectivity index (χ2n) is 6.00. The molecule has 0 fully saturated rings.